The van der Waals surface area contributed by atoms with Crippen molar-refractivity contribution in [3.63, 3.8) is 0 Å². The Bertz CT molecular complexity index is 253. The van der Waals surface area contributed by atoms with Gasteiger partial charge in [-0.05, 0) is 24.6 Å². The van der Waals surface area contributed by atoms with Crippen molar-refractivity contribution in [1.82, 2.24) is 10.3 Å². The van der Waals surface area contributed by atoms with Crippen molar-refractivity contribution in [3.8, 4) is 0 Å². The first kappa shape index (κ1) is 10.2. The highest BCUT2D eigenvalue weighted by Crippen LogP contribution is 2.07. The van der Waals surface area contributed by atoms with E-state index in [2.05, 4.69) is 39.8 Å². The fourth-order valence-electron chi connectivity index (χ4n) is 0.811. The van der Waals surface area contributed by atoms with Crippen molar-refractivity contribution in [2.45, 2.75) is 17.5 Å². The second kappa shape index (κ2) is 4.99. The molecule has 0 aromatic carbocycles. The molecule has 2 nitrogen and oxygen atoms in total. The molecule has 0 amide bonds. The highest BCUT2D eigenvalue weighted by atomic mass is 127. The molecule has 12 heavy (non-hydrogen) atoms. The molecule has 1 unspecified atom stereocenters. The van der Waals surface area contributed by atoms with Crippen LogP contribution < -0.4 is 5.32 Å². The Hall–Kier alpha value is 0.130. The van der Waals surface area contributed by atoms with Crippen molar-refractivity contribution in [2.24, 2.45) is 0 Å². The van der Waals surface area contributed by atoms with Crippen LogP contribution >= 0.6 is 34.2 Å². The highest BCUT2D eigenvalue weighted by Gasteiger charge is 1.96. The van der Waals surface area contributed by atoms with Gasteiger partial charge in [-0.15, -0.1) is 0 Å². The molecule has 0 aliphatic carbocycles. The van der Waals surface area contributed by atoms with Gasteiger partial charge in [0.05, 0.1) is 4.05 Å². The van der Waals surface area contributed by atoms with Gasteiger partial charge in [-0.25, -0.2) is 4.98 Å². The van der Waals surface area contributed by atoms with Gasteiger partial charge in [-0.2, -0.15) is 0 Å². The van der Waals surface area contributed by atoms with Gasteiger partial charge in [0.15, 0.2) is 0 Å². The third-order valence-corrected chi connectivity index (χ3v) is 2.03. The first-order valence-electron chi connectivity index (χ1n) is 3.66. The molecule has 0 saturated carbocycles. The van der Waals surface area contributed by atoms with E-state index in [-0.39, 0.29) is 0 Å². The summed E-state index contributed by atoms with van der Waals surface area (Å²) in [7, 11) is 0. The van der Waals surface area contributed by atoms with Crippen molar-refractivity contribution in [3.05, 3.63) is 29.0 Å². The maximum Gasteiger partial charge on any atom is 0.129 e. The smallest absolute Gasteiger partial charge is 0.129 e. The lowest BCUT2D eigenvalue weighted by Crippen LogP contribution is -2.18. The van der Waals surface area contributed by atoms with Gasteiger partial charge in [0.25, 0.3) is 0 Å². The van der Waals surface area contributed by atoms with Crippen LogP contribution in [0.25, 0.3) is 0 Å². The molecule has 1 atom stereocenters. The minimum atomic E-state index is 0.467. The molecule has 0 spiro atoms. The molecule has 4 heteroatoms. The van der Waals surface area contributed by atoms with Crippen molar-refractivity contribution in [2.75, 3.05) is 0 Å². The number of alkyl halides is 1. The molecule has 1 aromatic rings. The Labute approximate surface area is 90.9 Å². The van der Waals surface area contributed by atoms with Crippen molar-refractivity contribution < 1.29 is 0 Å². The normalized spacial score (nSPS) is 12.9. The van der Waals surface area contributed by atoms with E-state index in [0.29, 0.717) is 9.20 Å². The number of rotatable bonds is 3. The molecule has 1 heterocycles. The van der Waals surface area contributed by atoms with Crippen LogP contribution in [-0.4, -0.2) is 9.03 Å². The van der Waals surface area contributed by atoms with E-state index in [9.17, 15) is 0 Å². The lowest BCUT2D eigenvalue weighted by Gasteiger charge is -2.06. The number of hydrogen-bond acceptors (Lipinski definition) is 2. The third kappa shape index (κ3) is 3.69. The zero-order valence-electron chi connectivity index (χ0n) is 6.72. The fourth-order valence-corrected chi connectivity index (χ4v) is 1.23. The summed E-state index contributed by atoms with van der Waals surface area (Å²) in [4.78, 5) is 3.90. The van der Waals surface area contributed by atoms with Gasteiger partial charge in [0, 0.05) is 12.7 Å². The van der Waals surface area contributed by atoms with Gasteiger partial charge in [-0.1, -0.05) is 34.2 Å². The molecule has 1 rings (SSSR count). The minimum Gasteiger partial charge on any atom is -0.302 e. The molecule has 0 aliphatic heterocycles. The quantitative estimate of drug-likeness (QED) is 0.401. The molecule has 1 aromatic heterocycles. The summed E-state index contributed by atoms with van der Waals surface area (Å²) in [6, 6.07) is 3.82. The second-order valence-electron chi connectivity index (χ2n) is 2.48. The molecule has 0 aliphatic rings. The van der Waals surface area contributed by atoms with E-state index in [1.165, 1.54) is 5.56 Å². The predicted octanol–water partition coefficient (Wildman–Crippen LogP) is 2.61. The van der Waals surface area contributed by atoms with Gasteiger partial charge >= 0.3 is 0 Å². The first-order valence-corrected chi connectivity index (χ1v) is 5.29. The van der Waals surface area contributed by atoms with Crippen LogP contribution in [0.4, 0.5) is 0 Å². The van der Waals surface area contributed by atoms with E-state index in [1.807, 2.05) is 12.1 Å². The Morgan fingerprint density at radius 1 is 1.75 bits per heavy atom. The Morgan fingerprint density at radius 2 is 2.50 bits per heavy atom. The number of nitrogens with zero attached hydrogens (tertiary/aromatic N) is 1. The average molecular weight is 297 g/mol. The summed E-state index contributed by atoms with van der Waals surface area (Å²) in [5.41, 5.74) is 1.17. The van der Waals surface area contributed by atoms with E-state index in [0.717, 1.165) is 6.54 Å². The molecule has 1 N–H and O–H groups in total. The molecule has 0 radical (unpaired) electrons. The van der Waals surface area contributed by atoms with Crippen LogP contribution in [0.15, 0.2) is 18.3 Å². The standard InChI is InChI=1S/C8H10ClIN2/c1-6(10)12-5-7-2-3-11-8(9)4-7/h2-4,6,12H,5H2,1H3. The topological polar surface area (TPSA) is 24.9 Å². The summed E-state index contributed by atoms with van der Waals surface area (Å²) in [6.07, 6.45) is 1.72. The Kier molecular flexibility index (Phi) is 4.25. The number of nitrogens with one attached hydrogen (secondary N) is 1. The fraction of sp³-hybridized carbons (Fsp3) is 0.375. The van der Waals surface area contributed by atoms with Crippen LogP contribution in [0.3, 0.4) is 0 Å². The SMILES string of the molecule is CC(I)NCc1ccnc(Cl)c1. The van der Waals surface area contributed by atoms with Crippen LogP contribution in [0.1, 0.15) is 12.5 Å². The van der Waals surface area contributed by atoms with E-state index in [4.69, 9.17) is 11.6 Å². The van der Waals surface area contributed by atoms with Crippen LogP contribution in [0.5, 0.6) is 0 Å². The minimum absolute atomic E-state index is 0.467. The third-order valence-electron chi connectivity index (χ3n) is 1.38. The van der Waals surface area contributed by atoms with E-state index < -0.39 is 0 Å². The van der Waals surface area contributed by atoms with Gasteiger partial charge in [0.2, 0.25) is 0 Å². The molecule has 66 valence electrons. The Morgan fingerprint density at radius 3 is 3.08 bits per heavy atom. The van der Waals surface area contributed by atoms with Gasteiger partial charge in [0.1, 0.15) is 5.15 Å². The highest BCUT2D eigenvalue weighted by molar-refractivity contribution is 14.1. The summed E-state index contributed by atoms with van der Waals surface area (Å²) in [5.74, 6) is 0. The zero-order chi connectivity index (χ0) is 8.97. The zero-order valence-corrected chi connectivity index (χ0v) is 9.63. The van der Waals surface area contributed by atoms with Gasteiger partial charge in [-0.3, -0.25) is 0 Å². The molecule has 0 bridgehead atoms. The average Bonchev–Trinajstić information content (AvgIpc) is 2.01. The molecular weight excluding hydrogens is 286 g/mol. The van der Waals surface area contributed by atoms with Crippen LogP contribution in [-0.2, 0) is 6.54 Å². The summed E-state index contributed by atoms with van der Waals surface area (Å²) < 4.78 is 0.467. The van der Waals surface area contributed by atoms with Crippen molar-refractivity contribution in [1.29, 1.82) is 0 Å². The lowest BCUT2D eigenvalue weighted by atomic mass is 10.3. The van der Waals surface area contributed by atoms with E-state index >= 15 is 0 Å². The monoisotopic (exact) mass is 296 g/mol. The largest absolute Gasteiger partial charge is 0.302 e. The lowest BCUT2D eigenvalue weighted by molar-refractivity contribution is 0.706. The Balaban J connectivity index is 2.52. The number of hydrogen-bond donors (Lipinski definition) is 1. The molecule has 0 fully saturated rings. The number of halogens is 2. The van der Waals surface area contributed by atoms with Gasteiger partial charge < -0.3 is 5.32 Å². The van der Waals surface area contributed by atoms with Crippen LogP contribution in [0.2, 0.25) is 5.15 Å². The first-order chi connectivity index (χ1) is 5.68. The molecule has 0 saturated heterocycles. The van der Waals surface area contributed by atoms with Crippen molar-refractivity contribution >= 4 is 34.2 Å². The maximum atomic E-state index is 5.72. The number of aromatic nitrogens is 1. The summed E-state index contributed by atoms with van der Waals surface area (Å²) >= 11 is 8.04. The predicted molar refractivity (Wildman–Crippen MR) is 59.6 cm³/mol. The van der Waals surface area contributed by atoms with Crippen LogP contribution in [0, 0.1) is 0 Å². The second-order valence-corrected chi connectivity index (χ2v) is 4.74. The summed E-state index contributed by atoms with van der Waals surface area (Å²) in [5, 5.41) is 3.84. The maximum absolute atomic E-state index is 5.72. The molecular formula is C8H10ClIN2. The number of pyridine rings is 1. The van der Waals surface area contributed by atoms with E-state index in [1.54, 1.807) is 6.20 Å². The summed E-state index contributed by atoms with van der Waals surface area (Å²) in [6.45, 7) is 2.94.